The Hall–Kier alpha value is 0.480. The van der Waals surface area contributed by atoms with Crippen LogP contribution in [-0.2, 0) is 0 Å². The molecule has 0 heterocycles. The van der Waals surface area contributed by atoms with Gasteiger partial charge in [0, 0.05) is 4.83 Å². The molecule has 1 atom stereocenters. The minimum atomic E-state index is 0.531. The van der Waals surface area contributed by atoms with Gasteiger partial charge in [-0.3, -0.25) is 0 Å². The summed E-state index contributed by atoms with van der Waals surface area (Å²) in [7, 11) is 0. The highest BCUT2D eigenvalue weighted by molar-refractivity contribution is 9.09. The van der Waals surface area contributed by atoms with Crippen LogP contribution in [0.15, 0.2) is 0 Å². The maximum Gasteiger partial charge on any atom is 0.0122 e. The minimum absolute atomic E-state index is 0.531. The Balaban J connectivity index is 2.46. The molecule has 1 unspecified atom stereocenters. The van der Waals surface area contributed by atoms with Gasteiger partial charge < -0.3 is 0 Å². The average molecular weight is 261 g/mol. The minimum Gasteiger partial charge on any atom is -0.0893 e. The third kappa shape index (κ3) is 3.56. The lowest BCUT2D eigenvalue weighted by Crippen LogP contribution is -2.29. The van der Waals surface area contributed by atoms with Crippen molar-refractivity contribution in [3.8, 4) is 0 Å². The molecule has 0 aromatic rings. The molecule has 0 aromatic heterocycles. The lowest BCUT2D eigenvalue weighted by molar-refractivity contribution is 0.128. The Labute approximate surface area is 98.0 Å². The average Bonchev–Trinajstić information content (AvgIpc) is 2.02. The first-order valence-electron chi connectivity index (χ1n) is 6.06. The molecule has 1 rings (SSSR count). The first-order valence-corrected chi connectivity index (χ1v) is 6.97. The molecule has 1 aliphatic carbocycles. The van der Waals surface area contributed by atoms with E-state index in [1.54, 1.807) is 0 Å². The van der Waals surface area contributed by atoms with Gasteiger partial charge in [0.1, 0.15) is 0 Å². The van der Waals surface area contributed by atoms with E-state index in [-0.39, 0.29) is 0 Å². The lowest BCUT2D eigenvalue weighted by Gasteiger charge is -2.39. The highest BCUT2D eigenvalue weighted by atomic mass is 79.9. The molecule has 0 aromatic carbocycles. The molecule has 0 saturated heterocycles. The van der Waals surface area contributed by atoms with Gasteiger partial charge in [0.25, 0.3) is 0 Å². The Kier molecular flexibility index (Phi) is 4.49. The first kappa shape index (κ1) is 12.5. The predicted molar refractivity (Wildman–Crippen MR) is 67.9 cm³/mol. The van der Waals surface area contributed by atoms with Crippen LogP contribution >= 0.6 is 15.9 Å². The molecule has 1 saturated carbocycles. The Morgan fingerprint density at radius 1 is 1.21 bits per heavy atom. The maximum atomic E-state index is 3.69. The smallest absolute Gasteiger partial charge is 0.0122 e. The van der Waals surface area contributed by atoms with Gasteiger partial charge in [0.2, 0.25) is 0 Å². The van der Waals surface area contributed by atoms with Gasteiger partial charge in [0.05, 0.1) is 0 Å². The molecule has 1 fully saturated rings. The molecular weight excluding hydrogens is 236 g/mol. The van der Waals surface area contributed by atoms with E-state index in [1.165, 1.54) is 32.1 Å². The summed E-state index contributed by atoms with van der Waals surface area (Å²) in [6.45, 7) is 9.57. The van der Waals surface area contributed by atoms with Gasteiger partial charge >= 0.3 is 0 Å². The molecule has 0 radical (unpaired) electrons. The fourth-order valence-electron chi connectivity index (χ4n) is 2.93. The van der Waals surface area contributed by atoms with E-state index >= 15 is 0 Å². The molecule has 1 aliphatic rings. The van der Waals surface area contributed by atoms with Crippen LogP contribution in [-0.4, -0.2) is 4.83 Å². The molecule has 0 aliphatic heterocycles. The van der Waals surface area contributed by atoms with Gasteiger partial charge in [-0.15, -0.1) is 0 Å². The maximum absolute atomic E-state index is 3.69. The highest BCUT2D eigenvalue weighted by Crippen LogP contribution is 2.43. The van der Waals surface area contributed by atoms with Crippen molar-refractivity contribution in [2.24, 2.45) is 17.3 Å². The summed E-state index contributed by atoms with van der Waals surface area (Å²) < 4.78 is 0. The Morgan fingerprint density at radius 2 is 1.71 bits per heavy atom. The topological polar surface area (TPSA) is 0 Å². The summed E-state index contributed by atoms with van der Waals surface area (Å²) >= 11 is 3.69. The SMILES string of the molecule is CC(Br)CC(C)(C)C1CCC(C)CC1. The van der Waals surface area contributed by atoms with Crippen molar-refractivity contribution in [3.63, 3.8) is 0 Å². The van der Waals surface area contributed by atoms with E-state index in [0.29, 0.717) is 10.2 Å². The Bertz CT molecular complexity index is 164. The first-order chi connectivity index (χ1) is 6.42. The zero-order valence-corrected chi connectivity index (χ0v) is 11.7. The summed E-state index contributed by atoms with van der Waals surface area (Å²) in [6, 6.07) is 0. The number of rotatable bonds is 3. The number of hydrogen-bond donors (Lipinski definition) is 0. The number of hydrogen-bond acceptors (Lipinski definition) is 0. The van der Waals surface area contributed by atoms with Gasteiger partial charge in [0.15, 0.2) is 0 Å². The van der Waals surface area contributed by atoms with E-state index in [2.05, 4.69) is 43.6 Å². The third-order valence-electron chi connectivity index (χ3n) is 3.93. The van der Waals surface area contributed by atoms with Gasteiger partial charge in [-0.05, 0) is 36.5 Å². The largest absolute Gasteiger partial charge is 0.0893 e. The zero-order valence-electron chi connectivity index (χ0n) is 10.1. The molecule has 0 nitrogen and oxygen atoms in total. The van der Waals surface area contributed by atoms with Crippen LogP contribution in [0, 0.1) is 17.3 Å². The van der Waals surface area contributed by atoms with Crippen molar-refractivity contribution in [1.29, 1.82) is 0 Å². The van der Waals surface area contributed by atoms with E-state index < -0.39 is 0 Å². The summed E-state index contributed by atoms with van der Waals surface area (Å²) in [5.74, 6) is 1.93. The van der Waals surface area contributed by atoms with E-state index in [0.717, 1.165) is 11.8 Å². The van der Waals surface area contributed by atoms with Gasteiger partial charge in [-0.25, -0.2) is 0 Å². The fourth-order valence-corrected chi connectivity index (χ4v) is 3.77. The molecule has 0 spiro atoms. The van der Waals surface area contributed by atoms with Crippen LogP contribution in [0.2, 0.25) is 0 Å². The fraction of sp³-hybridized carbons (Fsp3) is 1.00. The van der Waals surface area contributed by atoms with Crippen LogP contribution in [0.25, 0.3) is 0 Å². The highest BCUT2D eigenvalue weighted by Gasteiger charge is 2.32. The molecule has 1 heteroatoms. The van der Waals surface area contributed by atoms with Crippen molar-refractivity contribution in [2.45, 2.75) is 64.6 Å². The normalized spacial score (nSPS) is 31.5. The molecule has 0 bridgehead atoms. The van der Waals surface area contributed by atoms with E-state index in [9.17, 15) is 0 Å². The summed E-state index contributed by atoms with van der Waals surface area (Å²) in [6.07, 6.45) is 7.11. The standard InChI is InChI=1S/C13H25Br/c1-10-5-7-12(8-6-10)13(3,4)9-11(2)14/h10-12H,5-9H2,1-4H3. The van der Waals surface area contributed by atoms with Crippen molar-refractivity contribution in [3.05, 3.63) is 0 Å². The summed E-state index contributed by atoms with van der Waals surface area (Å²) in [5.41, 5.74) is 0.531. The Morgan fingerprint density at radius 3 is 2.14 bits per heavy atom. The summed E-state index contributed by atoms with van der Waals surface area (Å²) in [5, 5.41) is 0. The number of halogens is 1. The van der Waals surface area contributed by atoms with E-state index in [1.807, 2.05) is 0 Å². The van der Waals surface area contributed by atoms with Crippen molar-refractivity contribution in [1.82, 2.24) is 0 Å². The quantitative estimate of drug-likeness (QED) is 0.626. The molecule has 14 heavy (non-hydrogen) atoms. The predicted octanol–water partition coefficient (Wildman–Crippen LogP) is 5.01. The van der Waals surface area contributed by atoms with Crippen molar-refractivity contribution >= 4 is 15.9 Å². The van der Waals surface area contributed by atoms with Crippen molar-refractivity contribution in [2.75, 3.05) is 0 Å². The monoisotopic (exact) mass is 260 g/mol. The third-order valence-corrected chi connectivity index (χ3v) is 4.25. The van der Waals surface area contributed by atoms with Gasteiger partial charge in [-0.1, -0.05) is 56.5 Å². The van der Waals surface area contributed by atoms with Crippen LogP contribution < -0.4 is 0 Å². The molecule has 0 N–H and O–H groups in total. The van der Waals surface area contributed by atoms with Crippen LogP contribution in [0.4, 0.5) is 0 Å². The van der Waals surface area contributed by atoms with Gasteiger partial charge in [-0.2, -0.15) is 0 Å². The molecule has 0 amide bonds. The lowest BCUT2D eigenvalue weighted by atomic mass is 9.67. The number of alkyl halides is 1. The van der Waals surface area contributed by atoms with Crippen LogP contribution in [0.3, 0.4) is 0 Å². The van der Waals surface area contributed by atoms with Crippen LogP contribution in [0.5, 0.6) is 0 Å². The summed E-state index contributed by atoms with van der Waals surface area (Å²) in [4.78, 5) is 0.664. The second kappa shape index (κ2) is 5.01. The second-order valence-electron chi connectivity index (χ2n) is 5.93. The zero-order chi connectivity index (χ0) is 10.8. The molecule has 84 valence electrons. The van der Waals surface area contributed by atoms with Crippen molar-refractivity contribution < 1.29 is 0 Å². The second-order valence-corrected chi connectivity index (χ2v) is 7.49. The van der Waals surface area contributed by atoms with Crippen LogP contribution in [0.1, 0.15) is 59.8 Å². The molecular formula is C13H25Br. The van der Waals surface area contributed by atoms with E-state index in [4.69, 9.17) is 0 Å².